The van der Waals surface area contributed by atoms with E-state index >= 15 is 0 Å². The summed E-state index contributed by atoms with van der Waals surface area (Å²) < 4.78 is 4.37. The Morgan fingerprint density at radius 1 is 1.06 bits per heavy atom. The van der Waals surface area contributed by atoms with Crippen molar-refractivity contribution in [2.45, 2.75) is 31.8 Å². The van der Waals surface area contributed by atoms with E-state index in [4.69, 9.17) is 10.7 Å². The second kappa shape index (κ2) is 7.34. The summed E-state index contributed by atoms with van der Waals surface area (Å²) in [5, 5.41) is 6.03. The first-order valence-electron chi connectivity index (χ1n) is 10.7. The molecule has 0 radical (unpaired) electrons. The molecule has 9 heteroatoms. The van der Waals surface area contributed by atoms with Crippen LogP contribution in [0.2, 0.25) is 0 Å². The minimum absolute atomic E-state index is 0.0187. The number of aromatic nitrogens is 6. The van der Waals surface area contributed by atoms with E-state index in [1.807, 2.05) is 47.9 Å². The number of hydrogen-bond acceptors (Lipinski definition) is 6. The average Bonchev–Trinajstić information content (AvgIpc) is 3.54. The lowest BCUT2D eigenvalue weighted by Gasteiger charge is -2.24. The number of benzene rings is 2. The maximum Gasteiger partial charge on any atom is 0.262 e. The van der Waals surface area contributed by atoms with Crippen molar-refractivity contribution in [1.29, 1.82) is 0 Å². The molecule has 0 amide bonds. The zero-order valence-electron chi connectivity index (χ0n) is 17.9. The summed E-state index contributed by atoms with van der Waals surface area (Å²) in [6.07, 6.45) is 3.20. The van der Waals surface area contributed by atoms with Gasteiger partial charge in [-0.05, 0) is 59.5 Å². The third-order valence-electron chi connectivity index (χ3n) is 6.45. The van der Waals surface area contributed by atoms with E-state index in [9.17, 15) is 4.79 Å². The van der Waals surface area contributed by atoms with Gasteiger partial charge in [0, 0.05) is 0 Å². The maximum atomic E-state index is 14.0. The third kappa shape index (κ3) is 3.05. The first-order valence-corrected chi connectivity index (χ1v) is 11.8. The molecule has 8 nitrogen and oxygen atoms in total. The van der Waals surface area contributed by atoms with Gasteiger partial charge in [0.1, 0.15) is 28.2 Å². The minimum Gasteiger partial charge on any atom is -0.383 e. The minimum atomic E-state index is -0.402. The van der Waals surface area contributed by atoms with Gasteiger partial charge in [-0.25, -0.2) is 19.6 Å². The van der Waals surface area contributed by atoms with Crippen molar-refractivity contribution in [2.24, 2.45) is 0 Å². The molecule has 0 atom stereocenters. The van der Waals surface area contributed by atoms with E-state index in [2.05, 4.69) is 49.8 Å². The highest BCUT2D eigenvalue weighted by atomic mass is 127. The van der Waals surface area contributed by atoms with E-state index in [0.29, 0.717) is 40.1 Å². The number of rotatable bonds is 4. The van der Waals surface area contributed by atoms with Crippen LogP contribution in [0.1, 0.15) is 29.8 Å². The van der Waals surface area contributed by atoms with Gasteiger partial charge in [-0.3, -0.25) is 9.36 Å². The summed E-state index contributed by atoms with van der Waals surface area (Å²) in [6, 6.07) is 16.0. The van der Waals surface area contributed by atoms with E-state index in [-0.39, 0.29) is 5.56 Å². The summed E-state index contributed by atoms with van der Waals surface area (Å²) in [5.74, 6) is 1.04. The predicted molar refractivity (Wildman–Crippen MR) is 135 cm³/mol. The molecule has 0 bridgehead atoms. The lowest BCUT2D eigenvalue weighted by Crippen LogP contribution is -2.36. The Hall–Kier alpha value is -3.34. The van der Waals surface area contributed by atoms with Gasteiger partial charge in [0.15, 0.2) is 5.65 Å². The van der Waals surface area contributed by atoms with Crippen LogP contribution in [-0.4, -0.2) is 29.3 Å². The highest BCUT2D eigenvalue weighted by molar-refractivity contribution is 14.1. The molecular weight excluding hydrogens is 529 g/mol. The first kappa shape index (κ1) is 20.3. The Bertz CT molecular complexity index is 1600. The predicted octanol–water partition coefficient (Wildman–Crippen LogP) is 3.62. The molecule has 0 unspecified atom stereocenters. The number of aryl methyl sites for hydroxylation is 1. The fourth-order valence-electron chi connectivity index (χ4n) is 4.73. The Balaban J connectivity index is 1.63. The number of nitrogen functional groups attached to an aromatic ring is 1. The SMILES string of the molecule is Cc1cccc2nc(Cn3nc(I)c4c(N)ncnc43)n(C3(c4ccccc4)CC3)c(=O)c12. The Labute approximate surface area is 202 Å². The van der Waals surface area contributed by atoms with Crippen LogP contribution in [0.5, 0.6) is 0 Å². The van der Waals surface area contributed by atoms with Crippen LogP contribution in [0.15, 0.2) is 59.7 Å². The fourth-order valence-corrected chi connectivity index (χ4v) is 5.51. The number of hydrogen-bond donors (Lipinski definition) is 1. The molecule has 1 fully saturated rings. The highest BCUT2D eigenvalue weighted by Crippen LogP contribution is 2.49. The highest BCUT2D eigenvalue weighted by Gasteiger charge is 2.48. The molecule has 164 valence electrons. The Morgan fingerprint density at radius 3 is 2.61 bits per heavy atom. The molecule has 6 rings (SSSR count). The zero-order valence-corrected chi connectivity index (χ0v) is 20.0. The summed E-state index contributed by atoms with van der Waals surface area (Å²) in [5.41, 5.74) is 9.03. The molecule has 2 aromatic carbocycles. The number of halogens is 1. The molecular formula is C24H20IN7O. The van der Waals surface area contributed by atoms with E-state index in [0.717, 1.165) is 27.7 Å². The van der Waals surface area contributed by atoms with E-state index in [1.165, 1.54) is 6.33 Å². The molecule has 5 aromatic rings. The van der Waals surface area contributed by atoms with Crippen molar-refractivity contribution in [3.05, 3.63) is 85.9 Å². The quantitative estimate of drug-likeness (QED) is 0.344. The summed E-state index contributed by atoms with van der Waals surface area (Å²) in [4.78, 5) is 27.5. The van der Waals surface area contributed by atoms with Crippen LogP contribution < -0.4 is 11.3 Å². The second-order valence-electron chi connectivity index (χ2n) is 8.44. The van der Waals surface area contributed by atoms with Crippen LogP contribution in [0.3, 0.4) is 0 Å². The summed E-state index contributed by atoms with van der Waals surface area (Å²) >= 11 is 2.14. The molecule has 0 saturated heterocycles. The largest absolute Gasteiger partial charge is 0.383 e. The van der Waals surface area contributed by atoms with Gasteiger partial charge in [0.25, 0.3) is 5.56 Å². The number of anilines is 1. The molecule has 2 N–H and O–H groups in total. The van der Waals surface area contributed by atoms with Crippen molar-refractivity contribution < 1.29 is 0 Å². The summed E-state index contributed by atoms with van der Waals surface area (Å²) in [6.45, 7) is 2.25. The summed E-state index contributed by atoms with van der Waals surface area (Å²) in [7, 11) is 0. The molecule has 0 spiro atoms. The second-order valence-corrected chi connectivity index (χ2v) is 9.46. The van der Waals surface area contributed by atoms with Gasteiger partial charge in [0.05, 0.1) is 21.8 Å². The van der Waals surface area contributed by atoms with Crippen LogP contribution in [0.4, 0.5) is 5.82 Å². The Morgan fingerprint density at radius 2 is 1.85 bits per heavy atom. The van der Waals surface area contributed by atoms with Gasteiger partial charge in [-0.2, -0.15) is 5.10 Å². The molecule has 33 heavy (non-hydrogen) atoms. The molecule has 3 heterocycles. The van der Waals surface area contributed by atoms with Crippen molar-refractivity contribution in [3.8, 4) is 0 Å². The lowest BCUT2D eigenvalue weighted by atomic mass is 10.0. The van der Waals surface area contributed by atoms with Crippen molar-refractivity contribution in [1.82, 2.24) is 29.3 Å². The standard InChI is InChI=1S/C24H20IN7O/c1-14-6-5-9-16-18(14)23(33)32(24(10-11-24)15-7-3-2-4-8-15)17(29-16)12-31-22-19(20(25)30-31)21(26)27-13-28-22/h2-9,13H,10-12H2,1H3,(H2,26,27,28). The number of nitrogens with two attached hydrogens (primary N) is 1. The smallest absolute Gasteiger partial charge is 0.262 e. The van der Waals surface area contributed by atoms with Crippen molar-refractivity contribution in [3.63, 3.8) is 0 Å². The maximum absolute atomic E-state index is 14.0. The molecule has 3 aromatic heterocycles. The van der Waals surface area contributed by atoms with Crippen LogP contribution in [-0.2, 0) is 12.1 Å². The van der Waals surface area contributed by atoms with Crippen molar-refractivity contribution >= 4 is 50.3 Å². The normalized spacial score (nSPS) is 14.7. The zero-order chi connectivity index (χ0) is 22.7. The van der Waals surface area contributed by atoms with E-state index in [1.54, 1.807) is 4.68 Å². The van der Waals surface area contributed by atoms with Gasteiger partial charge < -0.3 is 5.73 Å². The average molecular weight is 549 g/mol. The fraction of sp³-hybridized carbons (Fsp3) is 0.208. The first-order chi connectivity index (χ1) is 16.0. The number of nitrogens with zero attached hydrogens (tertiary/aromatic N) is 6. The lowest BCUT2D eigenvalue weighted by molar-refractivity contribution is 0.497. The van der Waals surface area contributed by atoms with Crippen molar-refractivity contribution in [2.75, 3.05) is 5.73 Å². The Kier molecular flexibility index (Phi) is 4.51. The number of fused-ring (bicyclic) bond motifs is 2. The molecule has 1 aliphatic carbocycles. The topological polar surface area (TPSA) is 105 Å². The third-order valence-corrected chi connectivity index (χ3v) is 7.20. The van der Waals surface area contributed by atoms with Gasteiger partial charge in [0.2, 0.25) is 0 Å². The van der Waals surface area contributed by atoms with Gasteiger partial charge in [-0.1, -0.05) is 42.5 Å². The van der Waals surface area contributed by atoms with Gasteiger partial charge in [-0.15, -0.1) is 0 Å². The molecule has 0 aliphatic heterocycles. The molecule has 1 saturated carbocycles. The van der Waals surface area contributed by atoms with Gasteiger partial charge >= 0.3 is 0 Å². The monoisotopic (exact) mass is 549 g/mol. The molecule has 1 aliphatic rings. The van der Waals surface area contributed by atoms with Crippen LogP contribution in [0, 0.1) is 10.6 Å². The van der Waals surface area contributed by atoms with Crippen LogP contribution in [0.25, 0.3) is 21.9 Å². The van der Waals surface area contributed by atoms with E-state index < -0.39 is 5.54 Å². The van der Waals surface area contributed by atoms with Crippen LogP contribution >= 0.6 is 22.6 Å².